The van der Waals surface area contributed by atoms with Crippen molar-refractivity contribution in [2.75, 3.05) is 20.3 Å². The first-order valence-electron chi connectivity index (χ1n) is 9.65. The van der Waals surface area contributed by atoms with Gasteiger partial charge < -0.3 is 14.8 Å². The molecule has 0 bridgehead atoms. The molecule has 4 rings (SSSR count). The topological polar surface area (TPSA) is 65.4 Å². The number of nitrogens with one attached hydrogen (secondary N) is 1. The Morgan fingerprint density at radius 2 is 2.00 bits per heavy atom. The first-order chi connectivity index (χ1) is 14.6. The molecule has 1 amide bonds. The number of hydrogen-bond donors (Lipinski definition) is 1. The monoisotopic (exact) mass is 445 g/mol. The lowest BCUT2D eigenvalue weighted by Crippen LogP contribution is -2.28. The van der Waals surface area contributed by atoms with Gasteiger partial charge in [-0.25, -0.2) is 4.68 Å². The molecule has 1 aromatic heterocycles. The maximum Gasteiger partial charge on any atom is 0.254 e. The van der Waals surface area contributed by atoms with Crippen LogP contribution in [0.5, 0.6) is 11.5 Å². The van der Waals surface area contributed by atoms with Crippen LogP contribution in [0.25, 0.3) is 5.69 Å². The Morgan fingerprint density at radius 3 is 2.73 bits per heavy atom. The summed E-state index contributed by atoms with van der Waals surface area (Å²) in [6, 6.07) is 12.6. The van der Waals surface area contributed by atoms with Crippen molar-refractivity contribution >= 4 is 29.1 Å². The average molecular weight is 446 g/mol. The molecular formula is C22H21Cl2N3O3. The van der Waals surface area contributed by atoms with Crippen LogP contribution < -0.4 is 14.8 Å². The number of rotatable bonds is 8. The van der Waals surface area contributed by atoms with Crippen molar-refractivity contribution in [1.82, 2.24) is 15.1 Å². The van der Waals surface area contributed by atoms with E-state index in [1.165, 1.54) is 0 Å². The summed E-state index contributed by atoms with van der Waals surface area (Å²) in [5, 5.41) is 8.39. The molecule has 0 atom stereocenters. The molecule has 0 spiro atoms. The molecule has 1 aliphatic rings. The van der Waals surface area contributed by atoms with Gasteiger partial charge in [0, 0.05) is 17.0 Å². The third-order valence-corrected chi connectivity index (χ3v) is 5.39. The second-order valence-corrected chi connectivity index (χ2v) is 7.85. The number of benzene rings is 2. The predicted octanol–water partition coefficient (Wildman–Crippen LogP) is 4.87. The van der Waals surface area contributed by atoms with Crippen LogP contribution >= 0.6 is 23.2 Å². The van der Waals surface area contributed by atoms with E-state index in [-0.39, 0.29) is 5.91 Å². The number of nitrogens with zero attached hydrogens (tertiary/aromatic N) is 2. The molecule has 3 aromatic rings. The lowest BCUT2D eigenvalue weighted by Gasteiger charge is -2.11. The summed E-state index contributed by atoms with van der Waals surface area (Å²) < 4.78 is 12.6. The minimum absolute atomic E-state index is 0.178. The Kier molecular flexibility index (Phi) is 6.16. The van der Waals surface area contributed by atoms with Crippen molar-refractivity contribution in [2.45, 2.75) is 18.8 Å². The molecule has 1 N–H and O–H groups in total. The lowest BCUT2D eigenvalue weighted by molar-refractivity contribution is 0.0946. The van der Waals surface area contributed by atoms with Crippen molar-refractivity contribution in [2.24, 2.45) is 0 Å². The summed E-state index contributed by atoms with van der Waals surface area (Å²) in [6.07, 6.45) is 3.64. The van der Waals surface area contributed by atoms with Crippen LogP contribution in [0, 0.1) is 0 Å². The van der Waals surface area contributed by atoms with Crippen molar-refractivity contribution < 1.29 is 14.3 Å². The molecule has 2 aromatic carbocycles. The van der Waals surface area contributed by atoms with Crippen LogP contribution in [0.15, 0.2) is 48.7 Å². The molecule has 156 valence electrons. The molecule has 0 aliphatic heterocycles. The van der Waals surface area contributed by atoms with E-state index in [9.17, 15) is 4.79 Å². The predicted molar refractivity (Wildman–Crippen MR) is 116 cm³/mol. The van der Waals surface area contributed by atoms with Crippen molar-refractivity contribution in [3.8, 4) is 17.2 Å². The third kappa shape index (κ3) is 4.55. The normalized spacial score (nSPS) is 13.2. The van der Waals surface area contributed by atoms with E-state index in [0.29, 0.717) is 46.1 Å². The maximum absolute atomic E-state index is 12.8. The highest BCUT2D eigenvalue weighted by Gasteiger charge is 2.33. The van der Waals surface area contributed by atoms with E-state index < -0.39 is 0 Å². The van der Waals surface area contributed by atoms with Crippen LogP contribution in [-0.2, 0) is 0 Å². The first kappa shape index (κ1) is 20.6. The molecule has 6 nitrogen and oxygen atoms in total. The van der Waals surface area contributed by atoms with Gasteiger partial charge in [-0.3, -0.25) is 4.79 Å². The van der Waals surface area contributed by atoms with Crippen LogP contribution in [0.3, 0.4) is 0 Å². The fourth-order valence-corrected chi connectivity index (χ4v) is 3.74. The average Bonchev–Trinajstić information content (AvgIpc) is 3.49. The molecule has 0 radical (unpaired) electrons. The highest BCUT2D eigenvalue weighted by molar-refractivity contribution is 6.35. The first-order valence-corrected chi connectivity index (χ1v) is 10.4. The molecule has 1 heterocycles. The van der Waals surface area contributed by atoms with Gasteiger partial charge in [0.15, 0.2) is 0 Å². The molecule has 0 saturated heterocycles. The van der Waals surface area contributed by atoms with Crippen LogP contribution in [0.2, 0.25) is 10.0 Å². The summed E-state index contributed by atoms with van der Waals surface area (Å²) in [7, 11) is 1.61. The van der Waals surface area contributed by atoms with E-state index in [2.05, 4.69) is 10.4 Å². The van der Waals surface area contributed by atoms with Gasteiger partial charge in [0.05, 0.1) is 41.8 Å². The summed E-state index contributed by atoms with van der Waals surface area (Å²) in [5.74, 6) is 1.53. The molecule has 30 heavy (non-hydrogen) atoms. The number of ether oxygens (including phenoxy) is 2. The molecule has 0 unspecified atom stereocenters. The number of carbonyl (C=O) groups is 1. The SMILES string of the molecule is COc1cccc(OCCNC(=O)c2cnn(-c3ccc(Cl)cc3Cl)c2C2CC2)c1. The Morgan fingerprint density at radius 1 is 1.20 bits per heavy atom. The maximum atomic E-state index is 12.8. The minimum atomic E-state index is -0.178. The molecule has 1 fully saturated rings. The van der Waals surface area contributed by atoms with E-state index in [4.69, 9.17) is 32.7 Å². The molecule has 1 saturated carbocycles. The Labute approximate surface area is 184 Å². The minimum Gasteiger partial charge on any atom is -0.497 e. The fraction of sp³-hybridized carbons (Fsp3) is 0.273. The van der Waals surface area contributed by atoms with E-state index in [0.717, 1.165) is 24.3 Å². The standard InChI is InChI=1S/C22H21Cl2N3O3/c1-29-16-3-2-4-17(12-16)30-10-9-25-22(28)18-13-26-27(21(18)14-5-6-14)20-8-7-15(23)11-19(20)24/h2-4,7-8,11-14H,5-6,9-10H2,1H3,(H,25,28). The Bertz CT molecular complexity index is 1060. The van der Waals surface area contributed by atoms with Crippen molar-refractivity contribution in [3.63, 3.8) is 0 Å². The number of halogens is 2. The van der Waals surface area contributed by atoms with Crippen LogP contribution in [-0.4, -0.2) is 35.9 Å². The van der Waals surface area contributed by atoms with E-state index in [1.54, 1.807) is 36.2 Å². The summed E-state index contributed by atoms with van der Waals surface area (Å²) in [6.45, 7) is 0.710. The largest absolute Gasteiger partial charge is 0.497 e. The number of amides is 1. The van der Waals surface area contributed by atoms with Crippen LogP contribution in [0.4, 0.5) is 0 Å². The number of aromatic nitrogens is 2. The smallest absolute Gasteiger partial charge is 0.254 e. The number of methoxy groups -OCH3 is 1. The number of carbonyl (C=O) groups excluding carboxylic acids is 1. The second kappa shape index (κ2) is 8.98. The molecule has 8 heteroatoms. The number of hydrogen-bond acceptors (Lipinski definition) is 4. The van der Waals surface area contributed by atoms with Crippen molar-refractivity contribution in [3.05, 3.63) is 70.0 Å². The highest BCUT2D eigenvalue weighted by Crippen LogP contribution is 2.43. The van der Waals surface area contributed by atoms with Gasteiger partial charge in [-0.2, -0.15) is 5.10 Å². The highest BCUT2D eigenvalue weighted by atomic mass is 35.5. The third-order valence-electron chi connectivity index (χ3n) is 4.85. The summed E-state index contributed by atoms with van der Waals surface area (Å²) in [5.41, 5.74) is 2.15. The lowest BCUT2D eigenvalue weighted by atomic mass is 10.1. The quantitative estimate of drug-likeness (QED) is 0.502. The second-order valence-electron chi connectivity index (χ2n) is 7.01. The molecular weight excluding hydrogens is 425 g/mol. The summed E-state index contributed by atoms with van der Waals surface area (Å²) in [4.78, 5) is 12.8. The van der Waals surface area contributed by atoms with Crippen LogP contribution in [0.1, 0.15) is 34.8 Å². The van der Waals surface area contributed by atoms with Crippen molar-refractivity contribution in [1.29, 1.82) is 0 Å². The summed E-state index contributed by atoms with van der Waals surface area (Å²) >= 11 is 12.4. The zero-order valence-electron chi connectivity index (χ0n) is 16.4. The van der Waals surface area contributed by atoms with Gasteiger partial charge in [-0.1, -0.05) is 29.3 Å². The van der Waals surface area contributed by atoms with Gasteiger partial charge in [-0.05, 0) is 43.2 Å². The van der Waals surface area contributed by atoms with Gasteiger partial charge in [0.2, 0.25) is 0 Å². The van der Waals surface area contributed by atoms with E-state index in [1.807, 2.05) is 24.3 Å². The zero-order chi connectivity index (χ0) is 21.1. The fourth-order valence-electron chi connectivity index (χ4n) is 3.25. The Balaban J connectivity index is 1.43. The zero-order valence-corrected chi connectivity index (χ0v) is 17.9. The molecule has 1 aliphatic carbocycles. The van der Waals surface area contributed by atoms with Gasteiger partial charge in [0.1, 0.15) is 18.1 Å². The van der Waals surface area contributed by atoms with E-state index >= 15 is 0 Å². The Hall–Kier alpha value is -2.70. The van der Waals surface area contributed by atoms with Gasteiger partial charge >= 0.3 is 0 Å². The van der Waals surface area contributed by atoms with Gasteiger partial charge in [0.25, 0.3) is 5.91 Å². The van der Waals surface area contributed by atoms with Gasteiger partial charge in [-0.15, -0.1) is 0 Å².